The lowest BCUT2D eigenvalue weighted by atomic mass is 10.2. The number of carboxylic acids is 1. The Morgan fingerprint density at radius 2 is 2.05 bits per heavy atom. The topological polar surface area (TPSA) is 63.3 Å². The second-order valence-electron chi connectivity index (χ2n) is 4.05. The molecule has 0 aliphatic carbocycles. The number of rotatable bonds is 3. The molecule has 0 spiro atoms. The number of halogens is 1. The van der Waals surface area contributed by atoms with Crippen LogP contribution in [0.2, 0.25) is 5.02 Å². The summed E-state index contributed by atoms with van der Waals surface area (Å²) in [5.74, 6) is -0.577. The highest BCUT2D eigenvalue weighted by Gasteiger charge is 2.13. The molecule has 2 aromatic heterocycles. The maximum atomic E-state index is 10.8. The summed E-state index contributed by atoms with van der Waals surface area (Å²) in [5, 5.41) is 12.2. The maximum Gasteiger partial charge on any atom is 0.338 e. The highest BCUT2D eigenvalue weighted by atomic mass is 35.5. The van der Waals surface area contributed by atoms with E-state index < -0.39 is 5.97 Å². The quantitative estimate of drug-likeness (QED) is 0.778. The molecular weight excluding hydrogens is 298 g/mol. The first kappa shape index (κ1) is 12.9. The summed E-state index contributed by atoms with van der Waals surface area (Å²) in [5.41, 5.74) is 1.68. The first-order valence-electron chi connectivity index (χ1n) is 5.67. The summed E-state index contributed by atoms with van der Waals surface area (Å²) in [7, 11) is 0. The molecule has 6 heteroatoms. The van der Waals surface area contributed by atoms with E-state index in [1.807, 2.05) is 17.5 Å². The molecule has 4 nitrogen and oxygen atoms in total. The molecule has 0 aliphatic rings. The van der Waals surface area contributed by atoms with Crippen LogP contribution in [-0.2, 0) is 0 Å². The van der Waals surface area contributed by atoms with Crippen LogP contribution in [0.15, 0.2) is 46.4 Å². The van der Waals surface area contributed by atoms with Gasteiger partial charge in [-0.05, 0) is 12.1 Å². The molecular formula is C14H8ClNO3S. The number of hydrogen-bond donors (Lipinski definition) is 1. The van der Waals surface area contributed by atoms with Gasteiger partial charge in [-0.25, -0.2) is 9.78 Å². The van der Waals surface area contributed by atoms with Gasteiger partial charge in [-0.2, -0.15) is 0 Å². The van der Waals surface area contributed by atoms with Gasteiger partial charge in [-0.3, -0.25) is 0 Å². The second kappa shape index (κ2) is 5.11. The monoisotopic (exact) mass is 305 g/mol. The fourth-order valence-electron chi connectivity index (χ4n) is 1.69. The third-order valence-electron chi connectivity index (χ3n) is 2.69. The van der Waals surface area contributed by atoms with Crippen LogP contribution in [0.25, 0.3) is 22.0 Å². The van der Waals surface area contributed by atoms with Crippen LogP contribution in [0.5, 0.6) is 0 Å². The Labute approximate surface area is 123 Å². The summed E-state index contributed by atoms with van der Waals surface area (Å²) in [6.07, 6.45) is 1.21. The van der Waals surface area contributed by atoms with E-state index in [-0.39, 0.29) is 5.56 Å². The van der Waals surface area contributed by atoms with Gasteiger partial charge in [0.2, 0.25) is 0 Å². The van der Waals surface area contributed by atoms with Gasteiger partial charge in [0.15, 0.2) is 5.76 Å². The molecule has 1 N–H and O–H groups in total. The number of aromatic nitrogens is 1. The molecule has 100 valence electrons. The SMILES string of the molecule is O=C(O)c1coc(-c2csc(-c3ccc(Cl)cc3)n2)c1. The van der Waals surface area contributed by atoms with Crippen LogP contribution in [0.1, 0.15) is 10.4 Å². The van der Waals surface area contributed by atoms with E-state index in [2.05, 4.69) is 4.98 Å². The van der Waals surface area contributed by atoms with Gasteiger partial charge in [0.25, 0.3) is 0 Å². The summed E-state index contributed by atoms with van der Waals surface area (Å²) in [4.78, 5) is 15.3. The Hall–Kier alpha value is -2.11. The van der Waals surface area contributed by atoms with Gasteiger partial charge in [0.1, 0.15) is 17.0 Å². The molecule has 1 aromatic carbocycles. The minimum Gasteiger partial charge on any atom is -0.478 e. The number of nitrogens with zero attached hydrogens (tertiary/aromatic N) is 1. The van der Waals surface area contributed by atoms with Crippen molar-refractivity contribution in [2.24, 2.45) is 0 Å². The molecule has 20 heavy (non-hydrogen) atoms. The number of benzene rings is 1. The minimum absolute atomic E-state index is 0.112. The zero-order valence-corrected chi connectivity index (χ0v) is 11.6. The summed E-state index contributed by atoms with van der Waals surface area (Å²) >= 11 is 7.30. The highest BCUT2D eigenvalue weighted by molar-refractivity contribution is 7.13. The van der Waals surface area contributed by atoms with E-state index in [0.29, 0.717) is 16.5 Å². The summed E-state index contributed by atoms with van der Waals surface area (Å²) < 4.78 is 5.22. The molecule has 3 aromatic rings. The fraction of sp³-hybridized carbons (Fsp3) is 0. The molecule has 0 saturated carbocycles. The van der Waals surface area contributed by atoms with E-state index in [0.717, 1.165) is 10.6 Å². The first-order chi connectivity index (χ1) is 9.63. The lowest BCUT2D eigenvalue weighted by Crippen LogP contribution is -1.91. The van der Waals surface area contributed by atoms with Gasteiger partial charge >= 0.3 is 5.97 Å². The zero-order chi connectivity index (χ0) is 14.1. The van der Waals surface area contributed by atoms with E-state index >= 15 is 0 Å². The van der Waals surface area contributed by atoms with Crippen LogP contribution in [0.4, 0.5) is 0 Å². The number of aromatic carboxylic acids is 1. The van der Waals surface area contributed by atoms with Crippen molar-refractivity contribution < 1.29 is 14.3 Å². The highest BCUT2D eigenvalue weighted by Crippen LogP contribution is 2.30. The Morgan fingerprint density at radius 1 is 1.30 bits per heavy atom. The first-order valence-corrected chi connectivity index (χ1v) is 6.93. The van der Waals surface area contributed by atoms with E-state index in [4.69, 9.17) is 21.1 Å². The van der Waals surface area contributed by atoms with Crippen LogP contribution in [0.3, 0.4) is 0 Å². The summed E-state index contributed by atoms with van der Waals surface area (Å²) in [6, 6.07) is 8.83. The molecule has 2 heterocycles. The predicted molar refractivity (Wildman–Crippen MR) is 77.2 cm³/mol. The Bertz CT molecular complexity index is 761. The number of hydrogen-bond acceptors (Lipinski definition) is 4. The van der Waals surface area contributed by atoms with Crippen LogP contribution in [0, 0.1) is 0 Å². The molecule has 0 amide bonds. The van der Waals surface area contributed by atoms with Crippen molar-refractivity contribution in [3.63, 3.8) is 0 Å². The lowest BCUT2D eigenvalue weighted by molar-refractivity contribution is 0.0696. The van der Waals surface area contributed by atoms with Crippen molar-refractivity contribution in [3.05, 3.63) is 52.6 Å². The Balaban J connectivity index is 1.93. The molecule has 0 atom stereocenters. The van der Waals surface area contributed by atoms with Crippen molar-refractivity contribution in [2.45, 2.75) is 0 Å². The number of furan rings is 1. The second-order valence-corrected chi connectivity index (χ2v) is 5.34. The minimum atomic E-state index is -1.02. The fourth-order valence-corrected chi connectivity index (χ4v) is 2.64. The van der Waals surface area contributed by atoms with Gasteiger partial charge in [-0.1, -0.05) is 23.7 Å². The van der Waals surface area contributed by atoms with E-state index in [1.165, 1.54) is 23.7 Å². The smallest absolute Gasteiger partial charge is 0.338 e. The van der Waals surface area contributed by atoms with Crippen LogP contribution < -0.4 is 0 Å². The third-order valence-corrected chi connectivity index (χ3v) is 3.84. The number of carboxylic acid groups (broad SMARTS) is 1. The molecule has 0 saturated heterocycles. The number of thiazole rings is 1. The molecule has 0 unspecified atom stereocenters. The molecule has 0 aliphatic heterocycles. The van der Waals surface area contributed by atoms with Crippen molar-refractivity contribution >= 4 is 28.9 Å². The van der Waals surface area contributed by atoms with Gasteiger partial charge in [-0.15, -0.1) is 11.3 Å². The van der Waals surface area contributed by atoms with Crippen LogP contribution >= 0.6 is 22.9 Å². The molecule has 0 radical (unpaired) electrons. The zero-order valence-electron chi connectivity index (χ0n) is 10.0. The van der Waals surface area contributed by atoms with Gasteiger partial charge < -0.3 is 9.52 Å². The number of carbonyl (C=O) groups is 1. The van der Waals surface area contributed by atoms with Gasteiger partial charge in [0.05, 0.1) is 5.56 Å². The van der Waals surface area contributed by atoms with Crippen LogP contribution in [-0.4, -0.2) is 16.1 Å². The van der Waals surface area contributed by atoms with Gasteiger partial charge in [0, 0.05) is 22.0 Å². The van der Waals surface area contributed by atoms with Crippen molar-refractivity contribution in [1.29, 1.82) is 0 Å². The normalized spacial score (nSPS) is 10.7. The molecule has 3 rings (SSSR count). The largest absolute Gasteiger partial charge is 0.478 e. The summed E-state index contributed by atoms with van der Waals surface area (Å²) in [6.45, 7) is 0. The lowest BCUT2D eigenvalue weighted by Gasteiger charge is -1.95. The standard InChI is InChI=1S/C14H8ClNO3S/c15-10-3-1-8(2-4-10)13-16-11(7-20-13)12-5-9(6-19-12)14(17)18/h1-7H,(H,17,18). The molecule has 0 bridgehead atoms. The molecule has 0 fully saturated rings. The average Bonchev–Trinajstić information content (AvgIpc) is 3.08. The predicted octanol–water partition coefficient (Wildman–Crippen LogP) is 4.42. The van der Waals surface area contributed by atoms with Crippen molar-refractivity contribution in [3.8, 4) is 22.0 Å². The van der Waals surface area contributed by atoms with Crippen molar-refractivity contribution in [1.82, 2.24) is 4.98 Å². The van der Waals surface area contributed by atoms with Crippen molar-refractivity contribution in [2.75, 3.05) is 0 Å². The maximum absolute atomic E-state index is 10.8. The third kappa shape index (κ3) is 2.45. The Kier molecular flexibility index (Phi) is 3.30. The van der Waals surface area contributed by atoms with E-state index in [1.54, 1.807) is 12.1 Å². The average molecular weight is 306 g/mol. The van der Waals surface area contributed by atoms with E-state index in [9.17, 15) is 4.79 Å². The Morgan fingerprint density at radius 3 is 2.70 bits per heavy atom.